The van der Waals surface area contributed by atoms with E-state index in [-0.39, 0.29) is 11.7 Å². The molecule has 0 aliphatic carbocycles. The molecule has 25 heavy (non-hydrogen) atoms. The van der Waals surface area contributed by atoms with Crippen molar-refractivity contribution < 1.29 is 13.9 Å². The summed E-state index contributed by atoms with van der Waals surface area (Å²) in [6, 6.07) is 12.3. The lowest BCUT2D eigenvalue weighted by Gasteiger charge is -2.21. The van der Waals surface area contributed by atoms with Gasteiger partial charge < -0.3 is 14.6 Å². The summed E-state index contributed by atoms with van der Waals surface area (Å²) in [5, 5.41) is 2.96. The van der Waals surface area contributed by atoms with Gasteiger partial charge in [0.25, 0.3) is 5.91 Å². The van der Waals surface area contributed by atoms with E-state index < -0.39 is 6.04 Å². The summed E-state index contributed by atoms with van der Waals surface area (Å²) in [5.41, 5.74) is 1.16. The largest absolute Gasteiger partial charge is 0.496 e. The van der Waals surface area contributed by atoms with Crippen LogP contribution < -0.4 is 10.1 Å². The molecule has 1 N–H and O–H groups in total. The highest BCUT2D eigenvalue weighted by Gasteiger charge is 2.24. The van der Waals surface area contributed by atoms with Crippen LogP contribution in [0.1, 0.15) is 27.8 Å². The quantitative estimate of drug-likeness (QED) is 0.777. The van der Waals surface area contributed by atoms with Gasteiger partial charge in [-0.1, -0.05) is 18.2 Å². The van der Waals surface area contributed by atoms with Crippen molar-refractivity contribution in [2.75, 3.05) is 7.11 Å². The van der Waals surface area contributed by atoms with Crippen molar-refractivity contribution in [2.45, 2.75) is 6.04 Å². The van der Waals surface area contributed by atoms with Crippen molar-refractivity contribution in [1.29, 1.82) is 0 Å². The lowest BCUT2D eigenvalue weighted by molar-refractivity contribution is 0.0940. The summed E-state index contributed by atoms with van der Waals surface area (Å²) in [4.78, 5) is 17.0. The summed E-state index contributed by atoms with van der Waals surface area (Å²) < 4.78 is 20.4. The van der Waals surface area contributed by atoms with Crippen LogP contribution in [0.15, 0.2) is 60.9 Å². The molecule has 0 bridgehead atoms. The number of carbonyl (C=O) groups is 1. The Hall–Kier alpha value is -3.15. The van der Waals surface area contributed by atoms with Crippen LogP contribution in [0.2, 0.25) is 0 Å². The SMILES string of the molecule is COc1ccccc1C(NC(=O)c1ccc(F)cc1)c1nccn1C. The number of para-hydroxylation sites is 1. The van der Waals surface area contributed by atoms with E-state index in [4.69, 9.17) is 4.74 Å². The standard InChI is InChI=1S/C19H18FN3O2/c1-23-12-11-21-18(23)17(15-5-3-4-6-16(15)25-2)22-19(24)13-7-9-14(20)10-8-13/h3-12,17H,1-2H3,(H,22,24). The second-order valence-electron chi connectivity index (χ2n) is 5.55. The second-order valence-corrected chi connectivity index (χ2v) is 5.55. The van der Waals surface area contributed by atoms with E-state index in [2.05, 4.69) is 10.3 Å². The van der Waals surface area contributed by atoms with Crippen molar-refractivity contribution in [3.63, 3.8) is 0 Å². The Morgan fingerprint density at radius 2 is 1.92 bits per heavy atom. The minimum absolute atomic E-state index is 0.320. The molecule has 6 heteroatoms. The Labute approximate surface area is 145 Å². The highest BCUT2D eigenvalue weighted by Crippen LogP contribution is 2.29. The topological polar surface area (TPSA) is 56.1 Å². The molecule has 3 aromatic rings. The van der Waals surface area contributed by atoms with Crippen molar-refractivity contribution in [3.8, 4) is 5.75 Å². The molecule has 0 radical (unpaired) electrons. The number of benzene rings is 2. The molecule has 0 saturated heterocycles. The lowest BCUT2D eigenvalue weighted by atomic mass is 10.0. The smallest absolute Gasteiger partial charge is 0.252 e. The van der Waals surface area contributed by atoms with E-state index in [9.17, 15) is 9.18 Å². The monoisotopic (exact) mass is 339 g/mol. The zero-order valence-corrected chi connectivity index (χ0v) is 13.9. The molecular weight excluding hydrogens is 321 g/mol. The van der Waals surface area contributed by atoms with Crippen molar-refractivity contribution in [3.05, 3.63) is 83.7 Å². The normalized spacial score (nSPS) is 11.8. The van der Waals surface area contributed by atoms with Gasteiger partial charge >= 0.3 is 0 Å². The predicted octanol–water partition coefficient (Wildman–Crippen LogP) is 3.09. The van der Waals surface area contributed by atoms with Gasteiger partial charge in [0.2, 0.25) is 0 Å². The van der Waals surface area contributed by atoms with E-state index in [0.29, 0.717) is 17.1 Å². The fourth-order valence-electron chi connectivity index (χ4n) is 2.66. The molecule has 0 aliphatic heterocycles. The molecule has 128 valence electrons. The number of hydrogen-bond acceptors (Lipinski definition) is 3. The first kappa shape index (κ1) is 16.7. The van der Waals surface area contributed by atoms with Gasteiger partial charge in [-0.3, -0.25) is 4.79 Å². The minimum atomic E-state index is -0.506. The molecule has 5 nitrogen and oxygen atoms in total. The van der Waals surface area contributed by atoms with Crippen LogP contribution in [-0.2, 0) is 7.05 Å². The lowest BCUT2D eigenvalue weighted by Crippen LogP contribution is -2.31. The highest BCUT2D eigenvalue weighted by molar-refractivity contribution is 5.94. The molecular formula is C19H18FN3O2. The number of ether oxygens (including phenoxy) is 1. The predicted molar refractivity (Wildman–Crippen MR) is 91.9 cm³/mol. The zero-order valence-electron chi connectivity index (χ0n) is 13.9. The number of nitrogens with one attached hydrogen (secondary N) is 1. The maximum atomic E-state index is 13.1. The first-order chi connectivity index (χ1) is 12.1. The molecule has 1 amide bonds. The second kappa shape index (κ2) is 7.17. The molecule has 0 saturated carbocycles. The Bertz CT molecular complexity index is 874. The summed E-state index contributed by atoms with van der Waals surface area (Å²) in [7, 11) is 3.44. The first-order valence-electron chi connectivity index (χ1n) is 7.76. The fraction of sp³-hybridized carbons (Fsp3) is 0.158. The highest BCUT2D eigenvalue weighted by atomic mass is 19.1. The van der Waals surface area contributed by atoms with E-state index >= 15 is 0 Å². The third-order valence-electron chi connectivity index (χ3n) is 3.95. The number of carbonyl (C=O) groups excluding carboxylic acids is 1. The molecule has 1 unspecified atom stereocenters. The summed E-state index contributed by atoms with van der Waals surface area (Å²) in [5.74, 6) is 0.607. The Kier molecular flexibility index (Phi) is 4.79. The van der Waals surface area contributed by atoms with Gasteiger partial charge in [-0.15, -0.1) is 0 Å². The van der Waals surface area contributed by atoms with Gasteiger partial charge in [0.05, 0.1) is 7.11 Å². The van der Waals surface area contributed by atoms with Crippen LogP contribution in [0.3, 0.4) is 0 Å². The zero-order chi connectivity index (χ0) is 17.8. The molecule has 2 aromatic carbocycles. The van der Waals surface area contributed by atoms with Gasteiger partial charge in [-0.2, -0.15) is 0 Å². The van der Waals surface area contributed by atoms with Crippen LogP contribution in [0.5, 0.6) is 5.75 Å². The number of methoxy groups -OCH3 is 1. The maximum absolute atomic E-state index is 13.1. The molecule has 1 aromatic heterocycles. The number of rotatable bonds is 5. The first-order valence-corrected chi connectivity index (χ1v) is 7.76. The van der Waals surface area contributed by atoms with Crippen molar-refractivity contribution >= 4 is 5.91 Å². The molecule has 0 fully saturated rings. The van der Waals surface area contributed by atoms with Gasteiger partial charge in [0.1, 0.15) is 23.4 Å². The number of aromatic nitrogens is 2. The van der Waals surface area contributed by atoms with Crippen LogP contribution in [0.4, 0.5) is 4.39 Å². The van der Waals surface area contributed by atoms with Crippen molar-refractivity contribution in [2.24, 2.45) is 7.05 Å². The number of nitrogens with zero attached hydrogens (tertiary/aromatic N) is 2. The fourth-order valence-corrected chi connectivity index (χ4v) is 2.66. The van der Waals surface area contributed by atoms with E-state index in [0.717, 1.165) is 5.56 Å². The van der Waals surface area contributed by atoms with Crippen LogP contribution in [0.25, 0.3) is 0 Å². The van der Waals surface area contributed by atoms with Crippen LogP contribution >= 0.6 is 0 Å². The van der Waals surface area contributed by atoms with E-state index in [1.165, 1.54) is 24.3 Å². The number of aryl methyl sites for hydroxylation is 1. The summed E-state index contributed by atoms with van der Waals surface area (Å²) in [6.45, 7) is 0. The van der Waals surface area contributed by atoms with Crippen molar-refractivity contribution in [1.82, 2.24) is 14.9 Å². The Balaban J connectivity index is 1.99. The van der Waals surface area contributed by atoms with Crippen LogP contribution in [0, 0.1) is 5.82 Å². The average Bonchev–Trinajstić information content (AvgIpc) is 3.06. The van der Waals surface area contributed by atoms with Crippen LogP contribution in [-0.4, -0.2) is 22.6 Å². The average molecular weight is 339 g/mol. The van der Waals surface area contributed by atoms with E-state index in [1.807, 2.05) is 42.1 Å². The number of imidazole rings is 1. The number of hydrogen-bond donors (Lipinski definition) is 1. The van der Waals surface area contributed by atoms with E-state index in [1.54, 1.807) is 13.3 Å². The van der Waals surface area contributed by atoms with Gasteiger partial charge in [-0.25, -0.2) is 9.37 Å². The molecule has 1 heterocycles. The van der Waals surface area contributed by atoms with Gasteiger partial charge in [-0.05, 0) is 30.3 Å². The van der Waals surface area contributed by atoms with Gasteiger partial charge in [0, 0.05) is 30.6 Å². The minimum Gasteiger partial charge on any atom is -0.496 e. The maximum Gasteiger partial charge on any atom is 0.252 e. The molecule has 1 atom stereocenters. The number of amides is 1. The summed E-state index contributed by atoms with van der Waals surface area (Å²) >= 11 is 0. The molecule has 3 rings (SSSR count). The summed E-state index contributed by atoms with van der Waals surface area (Å²) in [6.07, 6.45) is 3.48. The molecule has 0 spiro atoms. The third kappa shape index (κ3) is 3.52. The van der Waals surface area contributed by atoms with Gasteiger partial charge in [0.15, 0.2) is 0 Å². The number of halogens is 1. The Morgan fingerprint density at radius 1 is 1.20 bits per heavy atom. The molecule has 0 aliphatic rings. The third-order valence-corrected chi connectivity index (χ3v) is 3.95. The Morgan fingerprint density at radius 3 is 2.56 bits per heavy atom.